The average Bonchev–Trinajstić information content (AvgIpc) is 2.47. The van der Waals surface area contributed by atoms with E-state index in [0.717, 1.165) is 5.56 Å². The van der Waals surface area contributed by atoms with Gasteiger partial charge in [0.25, 0.3) is 0 Å². The summed E-state index contributed by atoms with van der Waals surface area (Å²) in [4.78, 5) is 23.5. The van der Waals surface area contributed by atoms with Crippen molar-refractivity contribution in [1.29, 1.82) is 0 Å². The number of alkyl carbamates (subject to hydrolysis) is 1. The zero-order valence-electron chi connectivity index (χ0n) is 13.7. The maximum atomic E-state index is 11.7. The van der Waals surface area contributed by atoms with Gasteiger partial charge in [0.2, 0.25) is 0 Å². The van der Waals surface area contributed by atoms with Crippen LogP contribution in [0, 0.1) is 0 Å². The Hall–Kier alpha value is -1.31. The first-order valence-electron chi connectivity index (χ1n) is 7.12. The Bertz CT molecular complexity index is 457. The zero-order valence-corrected chi connectivity index (χ0v) is 15.8. The lowest BCUT2D eigenvalue weighted by Crippen LogP contribution is -2.44. The van der Waals surface area contributed by atoms with Gasteiger partial charge in [0.15, 0.2) is 3.61 Å². The number of esters is 1. The van der Waals surface area contributed by atoms with Crippen molar-refractivity contribution in [1.82, 2.24) is 5.32 Å². The molecule has 0 fully saturated rings. The summed E-state index contributed by atoms with van der Waals surface area (Å²) in [5, 5.41) is 2.53. The van der Waals surface area contributed by atoms with Crippen molar-refractivity contribution in [2.75, 3.05) is 7.11 Å². The van der Waals surface area contributed by atoms with Crippen LogP contribution in [-0.2, 0) is 20.7 Å². The van der Waals surface area contributed by atoms with Gasteiger partial charge in [0.05, 0.1) is 7.11 Å². The lowest BCUT2D eigenvalue weighted by atomic mass is 10.1. The average molecular weight is 421 g/mol. The van der Waals surface area contributed by atoms with E-state index in [-0.39, 0.29) is 0 Å². The summed E-state index contributed by atoms with van der Waals surface area (Å²) in [7, 11) is 1.29. The minimum Gasteiger partial charge on any atom is -0.467 e. The normalized spacial score (nSPS) is 11.5. The highest BCUT2D eigenvalue weighted by atomic mass is 127. The molecular weight excluding hydrogens is 397 g/mol. The molecular formula is C16H24INO4. The Morgan fingerprint density at radius 3 is 2.23 bits per heavy atom. The third kappa shape index (κ3) is 8.86. The van der Waals surface area contributed by atoms with Crippen LogP contribution in [0.4, 0.5) is 4.79 Å². The van der Waals surface area contributed by atoms with Gasteiger partial charge in [0.1, 0.15) is 6.04 Å². The summed E-state index contributed by atoms with van der Waals surface area (Å²) in [6.45, 7) is 7.50. The third-order valence-electron chi connectivity index (χ3n) is 2.40. The standard InChI is InChI=1S/C14H18INO4.C2H6/c1-14(2,15)20-13(18)16-11(12(17)19-3)9-10-7-5-4-6-8-10;1-2/h4-8,11H,9H2,1-3H3,(H,16,18);1-2H3/t11-;/m1./s1. The van der Waals surface area contributed by atoms with Crippen molar-refractivity contribution in [2.45, 2.75) is 43.8 Å². The minimum atomic E-state index is -0.770. The number of carbonyl (C=O) groups excluding carboxylic acids is 2. The molecule has 0 aliphatic carbocycles. The van der Waals surface area contributed by atoms with Gasteiger partial charge in [-0.05, 0) is 42.0 Å². The van der Waals surface area contributed by atoms with Gasteiger partial charge >= 0.3 is 12.1 Å². The molecule has 1 N–H and O–H groups in total. The number of hydrogen-bond donors (Lipinski definition) is 1. The largest absolute Gasteiger partial charge is 0.467 e. The van der Waals surface area contributed by atoms with E-state index in [2.05, 4.69) is 5.32 Å². The number of nitrogens with one attached hydrogen (secondary N) is 1. The molecule has 1 rings (SSSR count). The smallest absolute Gasteiger partial charge is 0.409 e. The molecule has 0 aromatic heterocycles. The number of rotatable bonds is 5. The fraction of sp³-hybridized carbons (Fsp3) is 0.500. The molecule has 0 radical (unpaired) electrons. The first kappa shape index (κ1) is 20.7. The van der Waals surface area contributed by atoms with Crippen LogP contribution in [0.25, 0.3) is 0 Å². The van der Waals surface area contributed by atoms with Crippen molar-refractivity contribution in [2.24, 2.45) is 0 Å². The second kappa shape index (κ2) is 10.4. The summed E-state index contributed by atoms with van der Waals surface area (Å²) >= 11 is 1.99. The molecule has 6 heteroatoms. The first-order chi connectivity index (χ1) is 10.3. The molecule has 0 saturated heterocycles. The zero-order chi connectivity index (χ0) is 17.2. The summed E-state index contributed by atoms with van der Waals surface area (Å²) in [6.07, 6.45) is -0.291. The molecule has 1 amide bonds. The summed E-state index contributed by atoms with van der Waals surface area (Å²) in [5.41, 5.74) is 0.928. The molecule has 1 aromatic rings. The van der Waals surface area contributed by atoms with Gasteiger partial charge < -0.3 is 14.8 Å². The Morgan fingerprint density at radius 1 is 1.23 bits per heavy atom. The van der Waals surface area contributed by atoms with Gasteiger partial charge in [-0.1, -0.05) is 44.2 Å². The van der Waals surface area contributed by atoms with Crippen LogP contribution in [-0.4, -0.2) is 28.8 Å². The van der Waals surface area contributed by atoms with Gasteiger partial charge in [-0.3, -0.25) is 0 Å². The molecule has 0 unspecified atom stereocenters. The maximum absolute atomic E-state index is 11.7. The number of amides is 1. The molecule has 124 valence electrons. The summed E-state index contributed by atoms with van der Waals surface area (Å²) in [5.74, 6) is -0.503. The molecule has 1 atom stereocenters. The molecule has 5 nitrogen and oxygen atoms in total. The molecule has 22 heavy (non-hydrogen) atoms. The number of benzene rings is 1. The van der Waals surface area contributed by atoms with Crippen molar-refractivity contribution >= 4 is 34.7 Å². The molecule has 1 aromatic carbocycles. The number of hydrogen-bond acceptors (Lipinski definition) is 4. The van der Waals surface area contributed by atoms with E-state index in [1.54, 1.807) is 13.8 Å². The Balaban J connectivity index is 0.00000211. The van der Waals surface area contributed by atoms with E-state index in [1.807, 2.05) is 66.8 Å². The SMILES string of the molecule is CC.COC(=O)[C@@H](Cc1ccccc1)NC(=O)OC(C)(C)I. The Kier molecular flexibility index (Phi) is 9.80. The quantitative estimate of drug-likeness (QED) is 0.448. The van der Waals surface area contributed by atoms with E-state index in [9.17, 15) is 9.59 Å². The van der Waals surface area contributed by atoms with Crippen LogP contribution < -0.4 is 5.32 Å². The van der Waals surface area contributed by atoms with Gasteiger partial charge in [-0.2, -0.15) is 0 Å². The monoisotopic (exact) mass is 421 g/mol. The van der Waals surface area contributed by atoms with Crippen LogP contribution in [0.2, 0.25) is 0 Å². The van der Waals surface area contributed by atoms with E-state index in [4.69, 9.17) is 9.47 Å². The summed E-state index contributed by atoms with van der Waals surface area (Å²) in [6, 6.07) is 8.62. The lowest BCUT2D eigenvalue weighted by Gasteiger charge is -2.21. The number of alkyl halides is 1. The minimum absolute atomic E-state index is 0.351. The Morgan fingerprint density at radius 2 is 1.77 bits per heavy atom. The number of halogens is 1. The van der Waals surface area contributed by atoms with E-state index in [1.165, 1.54) is 7.11 Å². The number of carbonyl (C=O) groups is 2. The molecule has 0 bridgehead atoms. The van der Waals surface area contributed by atoms with Crippen LogP contribution in [0.3, 0.4) is 0 Å². The van der Waals surface area contributed by atoms with Crippen molar-refractivity contribution in [3.63, 3.8) is 0 Å². The fourth-order valence-corrected chi connectivity index (χ4v) is 1.78. The molecule has 0 aliphatic heterocycles. The maximum Gasteiger partial charge on any atom is 0.409 e. The van der Waals surface area contributed by atoms with E-state index >= 15 is 0 Å². The third-order valence-corrected chi connectivity index (χ3v) is 2.62. The topological polar surface area (TPSA) is 64.6 Å². The van der Waals surface area contributed by atoms with Gasteiger partial charge in [0, 0.05) is 6.42 Å². The highest BCUT2D eigenvalue weighted by Gasteiger charge is 2.25. The van der Waals surface area contributed by atoms with E-state index < -0.39 is 21.7 Å². The van der Waals surface area contributed by atoms with Crippen LogP contribution >= 0.6 is 22.6 Å². The second-order valence-corrected chi connectivity index (χ2v) is 7.26. The highest BCUT2D eigenvalue weighted by molar-refractivity contribution is 14.1. The summed E-state index contributed by atoms with van der Waals surface area (Å²) < 4.78 is 9.19. The number of ether oxygens (including phenoxy) is 2. The first-order valence-corrected chi connectivity index (χ1v) is 8.20. The predicted octanol–water partition coefficient (Wildman–Crippen LogP) is 3.69. The van der Waals surface area contributed by atoms with Crippen molar-refractivity contribution < 1.29 is 19.1 Å². The molecule has 0 heterocycles. The molecule has 0 aliphatic rings. The van der Waals surface area contributed by atoms with Gasteiger partial charge in [-0.25, -0.2) is 9.59 Å². The van der Waals surface area contributed by atoms with Crippen molar-refractivity contribution in [3.8, 4) is 0 Å². The van der Waals surface area contributed by atoms with Crippen molar-refractivity contribution in [3.05, 3.63) is 35.9 Å². The number of methoxy groups -OCH3 is 1. The van der Waals surface area contributed by atoms with Crippen LogP contribution in [0.15, 0.2) is 30.3 Å². The van der Waals surface area contributed by atoms with Crippen LogP contribution in [0.5, 0.6) is 0 Å². The Labute approximate surface area is 145 Å². The molecule has 0 spiro atoms. The highest BCUT2D eigenvalue weighted by Crippen LogP contribution is 2.18. The van der Waals surface area contributed by atoms with Crippen LogP contribution in [0.1, 0.15) is 33.3 Å². The van der Waals surface area contributed by atoms with Gasteiger partial charge in [-0.15, -0.1) is 0 Å². The predicted molar refractivity (Wildman–Crippen MR) is 95.0 cm³/mol. The fourth-order valence-electron chi connectivity index (χ4n) is 1.58. The second-order valence-electron chi connectivity index (χ2n) is 4.66. The lowest BCUT2D eigenvalue weighted by molar-refractivity contribution is -0.143. The van der Waals surface area contributed by atoms with E-state index in [0.29, 0.717) is 6.42 Å². The molecule has 0 saturated carbocycles.